The number of methoxy groups -OCH3 is 1. The molecule has 5 nitrogen and oxygen atoms in total. The van der Waals surface area contributed by atoms with Gasteiger partial charge in [0.25, 0.3) is 0 Å². The molecule has 0 unspecified atom stereocenters. The van der Waals surface area contributed by atoms with Crippen LogP contribution in [0, 0.1) is 12.7 Å². The average molecular weight is 344 g/mol. The van der Waals surface area contributed by atoms with Crippen molar-refractivity contribution in [1.82, 2.24) is 0 Å². The van der Waals surface area contributed by atoms with Crippen LogP contribution in [0.3, 0.4) is 0 Å². The van der Waals surface area contributed by atoms with Gasteiger partial charge < -0.3 is 15.4 Å². The average Bonchev–Trinajstić information content (AvgIpc) is 2.55. The van der Waals surface area contributed by atoms with Crippen LogP contribution in [0.15, 0.2) is 36.4 Å². The van der Waals surface area contributed by atoms with Gasteiger partial charge in [0.15, 0.2) is 11.6 Å². The van der Waals surface area contributed by atoms with Crippen LogP contribution in [-0.4, -0.2) is 18.9 Å². The van der Waals surface area contributed by atoms with E-state index in [-0.39, 0.29) is 24.0 Å². The van der Waals surface area contributed by atoms with Gasteiger partial charge in [-0.1, -0.05) is 12.1 Å². The smallest absolute Gasteiger partial charge is 0.224 e. The van der Waals surface area contributed by atoms with E-state index >= 15 is 0 Å². The third-order valence-corrected chi connectivity index (χ3v) is 3.62. The first kappa shape index (κ1) is 18.4. The predicted molar refractivity (Wildman–Crippen MR) is 95.4 cm³/mol. The Labute approximate surface area is 146 Å². The lowest BCUT2D eigenvalue weighted by Crippen LogP contribution is -2.15. The molecule has 0 fully saturated rings. The summed E-state index contributed by atoms with van der Waals surface area (Å²) in [6.45, 7) is 3.30. The lowest BCUT2D eigenvalue weighted by molar-refractivity contribution is -0.116. The van der Waals surface area contributed by atoms with Crippen molar-refractivity contribution in [2.75, 3.05) is 17.7 Å². The Bertz CT molecular complexity index is 790. The van der Waals surface area contributed by atoms with Crippen molar-refractivity contribution in [3.8, 4) is 5.75 Å². The number of halogens is 1. The van der Waals surface area contributed by atoms with Crippen molar-refractivity contribution >= 4 is 23.2 Å². The Balaban J connectivity index is 2.01. The maximum atomic E-state index is 13.7. The van der Waals surface area contributed by atoms with Crippen LogP contribution in [-0.2, 0) is 16.0 Å². The van der Waals surface area contributed by atoms with Crippen LogP contribution in [0.25, 0.3) is 0 Å². The van der Waals surface area contributed by atoms with Crippen molar-refractivity contribution in [2.45, 2.75) is 26.7 Å². The molecule has 0 saturated carbocycles. The highest BCUT2D eigenvalue weighted by Gasteiger charge is 2.10. The van der Waals surface area contributed by atoms with E-state index in [9.17, 15) is 14.0 Å². The fourth-order valence-corrected chi connectivity index (χ4v) is 2.40. The number of carbonyl (C=O) groups is 2. The molecule has 2 rings (SSSR count). The zero-order valence-corrected chi connectivity index (χ0v) is 14.5. The number of hydrogen-bond donors (Lipinski definition) is 2. The molecule has 0 heterocycles. The van der Waals surface area contributed by atoms with Gasteiger partial charge in [0.05, 0.1) is 18.5 Å². The molecule has 2 aromatic carbocycles. The third kappa shape index (κ3) is 5.31. The van der Waals surface area contributed by atoms with Gasteiger partial charge in [0.2, 0.25) is 11.8 Å². The Morgan fingerprint density at radius 3 is 2.48 bits per heavy atom. The first-order valence-electron chi connectivity index (χ1n) is 7.89. The van der Waals surface area contributed by atoms with Crippen LogP contribution >= 0.6 is 0 Å². The minimum absolute atomic E-state index is 0.174. The lowest BCUT2D eigenvalue weighted by atomic mass is 10.1. The number of benzene rings is 2. The van der Waals surface area contributed by atoms with Gasteiger partial charge >= 0.3 is 0 Å². The van der Waals surface area contributed by atoms with Crippen LogP contribution in [0.2, 0.25) is 0 Å². The largest absolute Gasteiger partial charge is 0.494 e. The Morgan fingerprint density at radius 1 is 1.08 bits per heavy atom. The minimum atomic E-state index is -0.452. The summed E-state index contributed by atoms with van der Waals surface area (Å²) in [6.07, 6.45) is 0.591. The van der Waals surface area contributed by atoms with E-state index in [2.05, 4.69) is 10.6 Å². The molecular weight excluding hydrogens is 323 g/mol. The van der Waals surface area contributed by atoms with Crippen LogP contribution in [0.1, 0.15) is 24.5 Å². The molecule has 6 heteroatoms. The molecule has 0 radical (unpaired) electrons. The maximum Gasteiger partial charge on any atom is 0.224 e. The molecule has 25 heavy (non-hydrogen) atoms. The number of aryl methyl sites for hydroxylation is 2. The van der Waals surface area contributed by atoms with Gasteiger partial charge in [-0.3, -0.25) is 9.59 Å². The van der Waals surface area contributed by atoms with Crippen molar-refractivity contribution in [3.05, 3.63) is 53.3 Å². The van der Waals surface area contributed by atoms with Gasteiger partial charge in [-0.2, -0.15) is 0 Å². The summed E-state index contributed by atoms with van der Waals surface area (Å²) in [5.74, 6) is -0.707. The van der Waals surface area contributed by atoms with Gasteiger partial charge in [0.1, 0.15) is 0 Å². The van der Waals surface area contributed by atoms with Gasteiger partial charge in [-0.25, -0.2) is 4.39 Å². The second-order valence-corrected chi connectivity index (χ2v) is 5.75. The summed E-state index contributed by atoms with van der Waals surface area (Å²) in [5.41, 5.74) is 2.75. The highest BCUT2D eigenvalue weighted by atomic mass is 19.1. The monoisotopic (exact) mass is 344 g/mol. The van der Waals surface area contributed by atoms with E-state index in [1.165, 1.54) is 26.2 Å². The molecule has 2 N–H and O–H groups in total. The summed E-state index contributed by atoms with van der Waals surface area (Å²) >= 11 is 0. The molecular formula is C19H21FN2O3. The standard InChI is InChI=1S/C19H21FN2O3/c1-12-4-7-16(21-13(2)23)17(10-12)22-19(24)9-6-14-5-8-18(25-3)15(20)11-14/h4-5,7-8,10-11H,6,9H2,1-3H3,(H,21,23)(H,22,24). The van der Waals surface area contributed by atoms with E-state index in [0.29, 0.717) is 23.4 Å². The first-order valence-corrected chi connectivity index (χ1v) is 7.89. The molecule has 132 valence electrons. The van der Waals surface area contributed by atoms with Gasteiger partial charge in [-0.05, 0) is 48.7 Å². The van der Waals surface area contributed by atoms with Gasteiger partial charge in [-0.15, -0.1) is 0 Å². The summed E-state index contributed by atoms with van der Waals surface area (Å²) in [4.78, 5) is 23.5. The molecule has 2 aromatic rings. The van der Waals surface area contributed by atoms with Crippen molar-refractivity contribution < 1.29 is 18.7 Å². The Kier molecular flexibility index (Phi) is 6.11. The molecule has 0 aliphatic carbocycles. The van der Waals surface area contributed by atoms with E-state index in [1.807, 2.05) is 13.0 Å². The third-order valence-electron chi connectivity index (χ3n) is 3.62. The summed E-state index contributed by atoms with van der Waals surface area (Å²) in [7, 11) is 1.40. The lowest BCUT2D eigenvalue weighted by Gasteiger charge is -2.12. The first-order chi connectivity index (χ1) is 11.9. The SMILES string of the molecule is COc1ccc(CCC(=O)Nc2cc(C)ccc2NC(C)=O)cc1F. The van der Waals surface area contributed by atoms with Crippen molar-refractivity contribution in [1.29, 1.82) is 0 Å². The minimum Gasteiger partial charge on any atom is -0.494 e. The molecule has 0 spiro atoms. The van der Waals surface area contributed by atoms with Crippen LogP contribution in [0.4, 0.5) is 15.8 Å². The maximum absolute atomic E-state index is 13.7. The molecule has 0 bridgehead atoms. The molecule has 2 amide bonds. The normalized spacial score (nSPS) is 10.2. The highest BCUT2D eigenvalue weighted by molar-refractivity contribution is 5.99. The molecule has 0 saturated heterocycles. The molecule has 0 atom stereocenters. The fraction of sp³-hybridized carbons (Fsp3) is 0.263. The number of ether oxygens (including phenoxy) is 1. The Morgan fingerprint density at radius 2 is 1.84 bits per heavy atom. The van der Waals surface area contributed by atoms with Crippen LogP contribution < -0.4 is 15.4 Å². The predicted octanol–water partition coefficient (Wildman–Crippen LogP) is 3.67. The van der Waals surface area contributed by atoms with E-state index in [1.54, 1.807) is 18.2 Å². The number of rotatable bonds is 6. The fourth-order valence-electron chi connectivity index (χ4n) is 2.40. The van der Waals surface area contributed by atoms with E-state index < -0.39 is 5.82 Å². The van der Waals surface area contributed by atoms with Crippen LogP contribution in [0.5, 0.6) is 5.75 Å². The number of anilines is 2. The zero-order valence-electron chi connectivity index (χ0n) is 14.5. The highest BCUT2D eigenvalue weighted by Crippen LogP contribution is 2.24. The summed E-state index contributed by atoms with van der Waals surface area (Å²) in [6, 6.07) is 10.0. The van der Waals surface area contributed by atoms with Crippen molar-refractivity contribution in [2.24, 2.45) is 0 Å². The quantitative estimate of drug-likeness (QED) is 0.840. The van der Waals surface area contributed by atoms with Crippen molar-refractivity contribution in [3.63, 3.8) is 0 Å². The summed E-state index contributed by atoms with van der Waals surface area (Å²) in [5, 5.41) is 5.47. The van der Waals surface area contributed by atoms with E-state index in [0.717, 1.165) is 5.56 Å². The molecule has 0 aromatic heterocycles. The van der Waals surface area contributed by atoms with Gasteiger partial charge in [0, 0.05) is 13.3 Å². The number of amides is 2. The zero-order chi connectivity index (χ0) is 18.4. The second-order valence-electron chi connectivity index (χ2n) is 5.75. The topological polar surface area (TPSA) is 67.4 Å². The number of nitrogens with one attached hydrogen (secondary N) is 2. The van der Waals surface area contributed by atoms with E-state index in [4.69, 9.17) is 4.74 Å². The Hall–Kier alpha value is -2.89. The second kappa shape index (κ2) is 8.28. The molecule has 0 aliphatic heterocycles. The number of hydrogen-bond acceptors (Lipinski definition) is 3. The summed E-state index contributed by atoms with van der Waals surface area (Å²) < 4.78 is 18.5. The molecule has 0 aliphatic rings. The number of carbonyl (C=O) groups excluding carboxylic acids is 2.